The van der Waals surface area contributed by atoms with E-state index in [0.29, 0.717) is 11.3 Å². The molecule has 2 aromatic carbocycles. The average molecular weight is 328 g/mol. The van der Waals surface area contributed by atoms with Crippen molar-refractivity contribution < 1.29 is 19.4 Å². The molecule has 0 saturated carbocycles. The molecule has 8 nitrogen and oxygen atoms in total. The fraction of sp³-hybridized carbons (Fsp3) is 0.0625. The minimum Gasteiger partial charge on any atom is -0.496 e. The Balaban J connectivity index is 2.36. The molecule has 0 aliphatic heterocycles. The van der Waals surface area contributed by atoms with Crippen LogP contribution in [0, 0.1) is 20.2 Å². The summed E-state index contributed by atoms with van der Waals surface area (Å²) >= 11 is 0. The van der Waals surface area contributed by atoms with E-state index in [2.05, 4.69) is 0 Å². The van der Waals surface area contributed by atoms with Crippen molar-refractivity contribution in [1.82, 2.24) is 0 Å². The lowest BCUT2D eigenvalue weighted by molar-refractivity contribution is -0.394. The van der Waals surface area contributed by atoms with Gasteiger partial charge in [-0.15, -0.1) is 0 Å². The smallest absolute Gasteiger partial charge is 0.283 e. The van der Waals surface area contributed by atoms with Crippen LogP contribution in [-0.4, -0.2) is 22.7 Å². The van der Waals surface area contributed by atoms with E-state index >= 15 is 0 Å². The number of carbonyl (C=O) groups excluding carboxylic acids is 1. The third-order valence-corrected chi connectivity index (χ3v) is 3.21. The van der Waals surface area contributed by atoms with Crippen molar-refractivity contribution in [3.63, 3.8) is 0 Å². The number of rotatable bonds is 6. The first kappa shape index (κ1) is 16.8. The van der Waals surface area contributed by atoms with E-state index in [-0.39, 0.29) is 5.56 Å². The predicted octanol–water partition coefficient (Wildman–Crippen LogP) is 3.41. The van der Waals surface area contributed by atoms with Crippen molar-refractivity contribution in [3.05, 3.63) is 79.9 Å². The molecule has 0 spiro atoms. The van der Waals surface area contributed by atoms with Gasteiger partial charge in [0.15, 0.2) is 5.78 Å². The van der Waals surface area contributed by atoms with Gasteiger partial charge in [-0.1, -0.05) is 12.1 Å². The van der Waals surface area contributed by atoms with Gasteiger partial charge in [0.2, 0.25) is 0 Å². The maximum atomic E-state index is 12.2. The first-order chi connectivity index (χ1) is 11.4. The van der Waals surface area contributed by atoms with Gasteiger partial charge in [0.25, 0.3) is 11.4 Å². The summed E-state index contributed by atoms with van der Waals surface area (Å²) in [5.74, 6) is -0.0227. The Hall–Kier alpha value is -3.55. The summed E-state index contributed by atoms with van der Waals surface area (Å²) in [4.78, 5) is 32.5. The lowest BCUT2D eigenvalue weighted by Crippen LogP contribution is -1.99. The summed E-state index contributed by atoms with van der Waals surface area (Å²) in [6.45, 7) is 0. The van der Waals surface area contributed by atoms with E-state index in [1.165, 1.54) is 19.3 Å². The standard InChI is InChI=1S/C16H12N2O6/c1-24-16-5-3-2-4-13(16)15(19)9-7-11-6-8-12(17(20)21)10-14(11)18(22)23/h2-10H,1H3. The highest BCUT2D eigenvalue weighted by atomic mass is 16.6. The fourth-order valence-electron chi connectivity index (χ4n) is 2.05. The minimum absolute atomic E-state index is 0.0915. The lowest BCUT2D eigenvalue weighted by atomic mass is 10.1. The topological polar surface area (TPSA) is 113 Å². The second kappa shape index (κ2) is 7.14. The molecule has 0 N–H and O–H groups in total. The van der Waals surface area contributed by atoms with Crippen LogP contribution in [-0.2, 0) is 0 Å². The Bertz CT molecular complexity index is 844. The van der Waals surface area contributed by atoms with Gasteiger partial charge in [0.05, 0.1) is 34.1 Å². The molecule has 0 aliphatic rings. The van der Waals surface area contributed by atoms with Crippen LogP contribution in [0.3, 0.4) is 0 Å². The number of nitro benzene ring substituents is 2. The number of methoxy groups -OCH3 is 1. The summed E-state index contributed by atoms with van der Waals surface area (Å²) in [6.07, 6.45) is 2.41. The van der Waals surface area contributed by atoms with Gasteiger partial charge in [0, 0.05) is 6.07 Å². The van der Waals surface area contributed by atoms with E-state index < -0.39 is 27.0 Å². The van der Waals surface area contributed by atoms with Gasteiger partial charge in [-0.3, -0.25) is 25.0 Å². The molecule has 2 rings (SSSR count). The number of hydrogen-bond acceptors (Lipinski definition) is 6. The van der Waals surface area contributed by atoms with E-state index in [0.717, 1.165) is 18.2 Å². The first-order valence-electron chi connectivity index (χ1n) is 6.72. The molecule has 0 bridgehead atoms. The molecule has 0 heterocycles. The third-order valence-electron chi connectivity index (χ3n) is 3.21. The Morgan fingerprint density at radius 2 is 1.79 bits per heavy atom. The van der Waals surface area contributed by atoms with Crippen LogP contribution < -0.4 is 4.74 Å². The van der Waals surface area contributed by atoms with Crippen molar-refractivity contribution in [1.29, 1.82) is 0 Å². The number of hydrogen-bond donors (Lipinski definition) is 0. The number of para-hydroxylation sites is 1. The summed E-state index contributed by atoms with van der Waals surface area (Å²) < 4.78 is 5.08. The molecule has 0 saturated heterocycles. The highest BCUT2D eigenvalue weighted by Gasteiger charge is 2.18. The van der Waals surface area contributed by atoms with Crippen molar-refractivity contribution in [3.8, 4) is 5.75 Å². The van der Waals surface area contributed by atoms with Gasteiger partial charge in [-0.25, -0.2) is 0 Å². The largest absolute Gasteiger partial charge is 0.496 e. The van der Waals surface area contributed by atoms with Gasteiger partial charge < -0.3 is 4.74 Å². The van der Waals surface area contributed by atoms with Gasteiger partial charge >= 0.3 is 0 Å². The minimum atomic E-state index is -0.736. The van der Waals surface area contributed by atoms with Crippen LogP contribution in [0.25, 0.3) is 6.08 Å². The summed E-state index contributed by atoms with van der Waals surface area (Å²) in [7, 11) is 1.43. The summed E-state index contributed by atoms with van der Waals surface area (Å²) in [5.41, 5.74) is -0.446. The summed E-state index contributed by atoms with van der Waals surface area (Å²) in [5, 5.41) is 21.8. The maximum absolute atomic E-state index is 12.2. The second-order valence-corrected chi connectivity index (χ2v) is 4.66. The SMILES string of the molecule is COc1ccccc1C(=O)C=Cc1ccc([N+](=O)[O-])cc1[N+](=O)[O-]. The second-order valence-electron chi connectivity index (χ2n) is 4.66. The van der Waals surface area contributed by atoms with Crippen LogP contribution in [0.2, 0.25) is 0 Å². The molecule has 8 heteroatoms. The number of ketones is 1. The Kier molecular flexibility index (Phi) is 5.00. The molecule has 0 unspecified atom stereocenters. The third kappa shape index (κ3) is 3.61. The lowest BCUT2D eigenvalue weighted by Gasteiger charge is -2.04. The molecular formula is C16H12N2O6. The predicted molar refractivity (Wildman–Crippen MR) is 86.1 cm³/mol. The van der Waals surface area contributed by atoms with Crippen LogP contribution in [0.5, 0.6) is 5.75 Å². The van der Waals surface area contributed by atoms with Crippen LogP contribution in [0.4, 0.5) is 11.4 Å². The number of nitrogens with zero attached hydrogens (tertiary/aromatic N) is 2. The Morgan fingerprint density at radius 1 is 1.08 bits per heavy atom. The molecule has 0 aliphatic carbocycles. The normalized spacial score (nSPS) is 10.5. The van der Waals surface area contributed by atoms with Gasteiger partial charge in [-0.2, -0.15) is 0 Å². The number of non-ortho nitro benzene ring substituents is 1. The van der Waals surface area contributed by atoms with Gasteiger partial charge in [-0.05, 0) is 30.4 Å². The van der Waals surface area contributed by atoms with Gasteiger partial charge in [0.1, 0.15) is 5.75 Å². The van der Waals surface area contributed by atoms with E-state index in [1.54, 1.807) is 24.3 Å². The molecule has 2 aromatic rings. The number of allylic oxidation sites excluding steroid dienone is 1. The van der Waals surface area contributed by atoms with Crippen molar-refractivity contribution in [2.45, 2.75) is 0 Å². The highest BCUT2D eigenvalue weighted by Crippen LogP contribution is 2.26. The molecule has 0 fully saturated rings. The van der Waals surface area contributed by atoms with E-state index in [4.69, 9.17) is 4.74 Å². The molecule has 0 amide bonds. The zero-order chi connectivity index (χ0) is 17.7. The zero-order valence-electron chi connectivity index (χ0n) is 12.5. The van der Waals surface area contributed by atoms with Crippen molar-refractivity contribution in [2.75, 3.05) is 7.11 Å². The van der Waals surface area contributed by atoms with Crippen LogP contribution in [0.1, 0.15) is 15.9 Å². The molecule has 0 radical (unpaired) electrons. The number of ether oxygens (including phenoxy) is 1. The molecule has 0 aromatic heterocycles. The fourth-order valence-corrected chi connectivity index (χ4v) is 2.05. The van der Waals surface area contributed by atoms with Crippen LogP contribution in [0.15, 0.2) is 48.5 Å². The quantitative estimate of drug-likeness (QED) is 0.347. The average Bonchev–Trinajstić information content (AvgIpc) is 2.59. The van der Waals surface area contributed by atoms with Crippen molar-refractivity contribution >= 4 is 23.2 Å². The van der Waals surface area contributed by atoms with E-state index in [1.807, 2.05) is 0 Å². The molecule has 24 heavy (non-hydrogen) atoms. The monoisotopic (exact) mass is 328 g/mol. The van der Waals surface area contributed by atoms with Crippen LogP contribution >= 0.6 is 0 Å². The number of nitro groups is 2. The Labute approximate surface area is 136 Å². The molecule has 122 valence electrons. The molecular weight excluding hydrogens is 316 g/mol. The molecule has 0 atom stereocenters. The zero-order valence-corrected chi connectivity index (χ0v) is 12.5. The Morgan fingerprint density at radius 3 is 2.42 bits per heavy atom. The number of benzene rings is 2. The number of carbonyl (C=O) groups is 1. The van der Waals surface area contributed by atoms with E-state index in [9.17, 15) is 25.0 Å². The first-order valence-corrected chi connectivity index (χ1v) is 6.72. The summed E-state index contributed by atoms with van der Waals surface area (Å²) in [6, 6.07) is 9.78. The maximum Gasteiger partial charge on any atom is 0.283 e. The van der Waals surface area contributed by atoms with Crippen molar-refractivity contribution in [2.24, 2.45) is 0 Å². The highest BCUT2D eigenvalue weighted by molar-refractivity contribution is 6.08.